The molecule has 3 aliphatic rings. The second-order valence-electron chi connectivity index (χ2n) is 8.02. The lowest BCUT2D eigenvalue weighted by atomic mass is 9.63. The standard InChI is InChI=1S/C24H23NO5/c1-28-18-11-14(12-19(29-2)22(18)30-3)21(26)20-13-8-9-15(10-13)24(20)16-6-4-5-7-17(16)25-23(24)27/h4-9,11-13,15,20H,10H2,1-3H3,(H,25,27)/t13-,15-,20+,24-/m0/s1. The average molecular weight is 405 g/mol. The number of allylic oxidation sites excluding steroid dienone is 2. The second kappa shape index (κ2) is 6.62. The molecule has 0 aromatic heterocycles. The fourth-order valence-corrected chi connectivity index (χ4v) is 5.66. The molecular weight excluding hydrogens is 382 g/mol. The maximum absolute atomic E-state index is 13.9. The van der Waals surface area contributed by atoms with Gasteiger partial charge in [0.1, 0.15) is 0 Å². The molecule has 0 radical (unpaired) electrons. The van der Waals surface area contributed by atoms with E-state index in [-0.39, 0.29) is 23.5 Å². The van der Waals surface area contributed by atoms with E-state index in [9.17, 15) is 9.59 Å². The van der Waals surface area contributed by atoms with E-state index in [1.54, 1.807) is 12.1 Å². The van der Waals surface area contributed by atoms with E-state index in [1.807, 2.05) is 24.3 Å². The zero-order chi connectivity index (χ0) is 21.0. The van der Waals surface area contributed by atoms with Crippen molar-refractivity contribution in [1.82, 2.24) is 0 Å². The summed E-state index contributed by atoms with van der Waals surface area (Å²) in [5.74, 6) is 0.625. The number of benzene rings is 2. The van der Waals surface area contributed by atoms with Gasteiger partial charge in [-0.2, -0.15) is 0 Å². The summed E-state index contributed by atoms with van der Waals surface area (Å²) in [4.78, 5) is 27.3. The van der Waals surface area contributed by atoms with Crippen LogP contribution >= 0.6 is 0 Å². The van der Waals surface area contributed by atoms with Crippen LogP contribution in [0.1, 0.15) is 22.3 Å². The van der Waals surface area contributed by atoms with Gasteiger partial charge in [0.2, 0.25) is 11.7 Å². The van der Waals surface area contributed by atoms with E-state index in [0.717, 1.165) is 17.7 Å². The number of para-hydroxylation sites is 1. The first-order chi connectivity index (χ1) is 14.6. The summed E-state index contributed by atoms with van der Waals surface area (Å²) in [5.41, 5.74) is 1.28. The Morgan fingerprint density at radius 2 is 1.73 bits per heavy atom. The number of carbonyl (C=O) groups excluding carboxylic acids is 2. The van der Waals surface area contributed by atoms with Gasteiger partial charge in [0.05, 0.1) is 26.7 Å². The lowest BCUT2D eigenvalue weighted by Gasteiger charge is -2.36. The van der Waals surface area contributed by atoms with E-state index in [0.29, 0.717) is 22.8 Å². The number of amides is 1. The van der Waals surface area contributed by atoms with Crippen molar-refractivity contribution in [2.45, 2.75) is 11.8 Å². The predicted molar refractivity (Wildman–Crippen MR) is 111 cm³/mol. The molecule has 6 nitrogen and oxygen atoms in total. The third kappa shape index (κ3) is 2.24. The van der Waals surface area contributed by atoms with Gasteiger partial charge in [0, 0.05) is 17.2 Å². The van der Waals surface area contributed by atoms with Crippen molar-refractivity contribution in [3.8, 4) is 17.2 Å². The summed E-state index contributed by atoms with van der Waals surface area (Å²) in [6, 6.07) is 11.0. The van der Waals surface area contributed by atoms with E-state index >= 15 is 0 Å². The summed E-state index contributed by atoms with van der Waals surface area (Å²) in [6.07, 6.45) is 4.98. The molecule has 0 unspecified atom stereocenters. The second-order valence-corrected chi connectivity index (χ2v) is 8.02. The third-order valence-electron chi connectivity index (χ3n) is 6.85. The molecule has 1 N–H and O–H groups in total. The van der Waals surface area contributed by atoms with Gasteiger partial charge < -0.3 is 19.5 Å². The predicted octanol–water partition coefficient (Wildman–Crippen LogP) is 3.61. The average Bonchev–Trinajstić information content (AvgIpc) is 3.45. The van der Waals surface area contributed by atoms with Gasteiger partial charge in [-0.25, -0.2) is 0 Å². The van der Waals surface area contributed by atoms with Crippen molar-refractivity contribution in [2.75, 3.05) is 26.6 Å². The Balaban J connectivity index is 1.66. The summed E-state index contributed by atoms with van der Waals surface area (Å²) in [7, 11) is 4.57. The van der Waals surface area contributed by atoms with Crippen molar-refractivity contribution in [3.05, 3.63) is 59.7 Å². The molecule has 5 rings (SSSR count). The van der Waals surface area contributed by atoms with Crippen LogP contribution in [-0.2, 0) is 10.2 Å². The highest BCUT2D eigenvalue weighted by atomic mass is 16.5. The lowest BCUT2D eigenvalue weighted by molar-refractivity contribution is -0.122. The Bertz CT molecular complexity index is 1070. The topological polar surface area (TPSA) is 73.9 Å². The van der Waals surface area contributed by atoms with Crippen molar-refractivity contribution >= 4 is 17.4 Å². The van der Waals surface area contributed by atoms with Crippen molar-refractivity contribution in [1.29, 1.82) is 0 Å². The van der Waals surface area contributed by atoms with Gasteiger partial charge >= 0.3 is 0 Å². The van der Waals surface area contributed by atoms with E-state index < -0.39 is 11.3 Å². The van der Waals surface area contributed by atoms with Crippen LogP contribution in [0.3, 0.4) is 0 Å². The Morgan fingerprint density at radius 1 is 1.03 bits per heavy atom. The number of nitrogens with one attached hydrogen (secondary N) is 1. The van der Waals surface area contributed by atoms with Crippen LogP contribution in [0.5, 0.6) is 17.2 Å². The molecule has 1 fully saturated rings. The maximum Gasteiger partial charge on any atom is 0.236 e. The highest BCUT2D eigenvalue weighted by Gasteiger charge is 2.66. The number of hydrogen-bond acceptors (Lipinski definition) is 5. The number of rotatable bonds is 5. The normalized spacial score (nSPS) is 27.8. The molecular formula is C24H23NO5. The summed E-state index contributed by atoms with van der Waals surface area (Å²) in [5, 5.41) is 3.02. The smallest absolute Gasteiger partial charge is 0.236 e. The Labute approximate surface area is 174 Å². The van der Waals surface area contributed by atoms with Gasteiger partial charge in [0.25, 0.3) is 0 Å². The molecule has 1 heterocycles. The maximum atomic E-state index is 13.9. The largest absolute Gasteiger partial charge is 0.493 e. The molecule has 2 aliphatic carbocycles. The first-order valence-corrected chi connectivity index (χ1v) is 9.99. The fraction of sp³-hybridized carbons (Fsp3) is 0.333. The Hall–Kier alpha value is -3.28. The van der Waals surface area contributed by atoms with Crippen LogP contribution in [0.2, 0.25) is 0 Å². The minimum Gasteiger partial charge on any atom is -0.493 e. The molecule has 4 atom stereocenters. The molecule has 1 saturated carbocycles. The van der Waals surface area contributed by atoms with Crippen LogP contribution in [0.15, 0.2) is 48.6 Å². The molecule has 1 spiro atoms. The van der Waals surface area contributed by atoms with E-state index in [4.69, 9.17) is 14.2 Å². The molecule has 30 heavy (non-hydrogen) atoms. The summed E-state index contributed by atoms with van der Waals surface area (Å²) < 4.78 is 16.3. The molecule has 1 aliphatic heterocycles. The van der Waals surface area contributed by atoms with Crippen molar-refractivity contribution in [3.63, 3.8) is 0 Å². The summed E-state index contributed by atoms with van der Waals surface area (Å²) in [6.45, 7) is 0. The quantitative estimate of drug-likeness (QED) is 0.608. The van der Waals surface area contributed by atoms with Gasteiger partial charge in [-0.3, -0.25) is 9.59 Å². The Morgan fingerprint density at radius 3 is 2.40 bits per heavy atom. The highest BCUT2D eigenvalue weighted by Crippen LogP contribution is 2.62. The molecule has 6 heteroatoms. The van der Waals surface area contributed by atoms with E-state index in [1.165, 1.54) is 21.3 Å². The Kier molecular flexibility index (Phi) is 4.13. The SMILES string of the molecule is COc1cc(C(=O)[C@H]2[C@H]3C=C[C@@H](C3)[C@@]23C(=O)Nc2ccccc23)cc(OC)c1OC. The number of ether oxygens (including phenoxy) is 3. The molecule has 2 bridgehead atoms. The highest BCUT2D eigenvalue weighted by molar-refractivity contribution is 6.13. The van der Waals surface area contributed by atoms with E-state index in [2.05, 4.69) is 17.5 Å². The number of Topliss-reactive ketones (excluding diaryl/α,β-unsaturated/α-hetero) is 1. The van der Waals surface area contributed by atoms with Crippen LogP contribution in [0.4, 0.5) is 5.69 Å². The number of anilines is 1. The first kappa shape index (κ1) is 18.7. The van der Waals surface area contributed by atoms with Gasteiger partial charge in [-0.05, 0) is 42.0 Å². The van der Waals surface area contributed by atoms with Crippen LogP contribution in [0.25, 0.3) is 0 Å². The molecule has 2 aromatic rings. The minimum absolute atomic E-state index is 0.00198. The molecule has 0 saturated heterocycles. The van der Waals surface area contributed by atoms with Crippen LogP contribution in [-0.4, -0.2) is 33.0 Å². The lowest BCUT2D eigenvalue weighted by Crippen LogP contribution is -2.48. The zero-order valence-electron chi connectivity index (χ0n) is 17.1. The van der Waals surface area contributed by atoms with Crippen LogP contribution < -0.4 is 19.5 Å². The van der Waals surface area contributed by atoms with Gasteiger partial charge in [-0.1, -0.05) is 30.4 Å². The van der Waals surface area contributed by atoms with Gasteiger partial charge in [-0.15, -0.1) is 0 Å². The van der Waals surface area contributed by atoms with Gasteiger partial charge in [0.15, 0.2) is 17.3 Å². The third-order valence-corrected chi connectivity index (χ3v) is 6.85. The minimum atomic E-state index is -0.881. The number of methoxy groups -OCH3 is 3. The van der Waals surface area contributed by atoms with Crippen molar-refractivity contribution < 1.29 is 23.8 Å². The van der Waals surface area contributed by atoms with Crippen LogP contribution in [0, 0.1) is 17.8 Å². The molecule has 2 aromatic carbocycles. The molecule has 1 amide bonds. The first-order valence-electron chi connectivity index (χ1n) is 9.99. The fourth-order valence-electron chi connectivity index (χ4n) is 5.66. The number of carbonyl (C=O) groups is 2. The number of hydrogen-bond donors (Lipinski definition) is 1. The van der Waals surface area contributed by atoms with Crippen molar-refractivity contribution in [2.24, 2.45) is 17.8 Å². The number of fused-ring (bicyclic) bond motifs is 5. The monoisotopic (exact) mass is 405 g/mol. The summed E-state index contributed by atoms with van der Waals surface area (Å²) >= 11 is 0. The number of ketones is 1. The zero-order valence-corrected chi connectivity index (χ0v) is 17.1. The molecule has 154 valence electrons.